The van der Waals surface area contributed by atoms with Crippen molar-refractivity contribution in [2.75, 3.05) is 6.61 Å². The lowest BCUT2D eigenvalue weighted by Crippen LogP contribution is -2.26. The number of guanidine groups is 2. The van der Waals surface area contributed by atoms with Crippen molar-refractivity contribution in [1.82, 2.24) is 9.78 Å². The second-order valence-electron chi connectivity index (χ2n) is 4.09. The molecule has 0 radical (unpaired) electrons. The van der Waals surface area contributed by atoms with Gasteiger partial charge in [0.25, 0.3) is 0 Å². The second kappa shape index (κ2) is 6.94. The maximum Gasteiger partial charge on any atom is 0.223 e. The minimum Gasteiger partial charge on any atom is -0.489 e. The minimum atomic E-state index is -0.145. The molecule has 6 N–H and O–H groups in total. The molecule has 1 heterocycles. The summed E-state index contributed by atoms with van der Waals surface area (Å²) in [6, 6.07) is 9.08. The standard InChI is InChI=1S/C13H17N7O/c14-12(15)19-13(16)18-10-4-1-2-5-11(10)21-9-8-20-7-3-6-17-20/h1-7H,8-9H2,(H6,14,15,16,18,19). The van der Waals surface area contributed by atoms with E-state index in [1.807, 2.05) is 24.4 Å². The van der Waals surface area contributed by atoms with Gasteiger partial charge in [-0.1, -0.05) is 12.1 Å². The summed E-state index contributed by atoms with van der Waals surface area (Å²) in [5.41, 5.74) is 16.7. The van der Waals surface area contributed by atoms with E-state index in [2.05, 4.69) is 15.1 Å². The van der Waals surface area contributed by atoms with E-state index in [-0.39, 0.29) is 11.9 Å². The largest absolute Gasteiger partial charge is 0.489 e. The molecule has 8 heteroatoms. The zero-order valence-corrected chi connectivity index (χ0v) is 11.4. The molecule has 0 saturated carbocycles. The summed E-state index contributed by atoms with van der Waals surface area (Å²) < 4.78 is 7.46. The lowest BCUT2D eigenvalue weighted by atomic mass is 10.3. The summed E-state index contributed by atoms with van der Waals surface area (Å²) in [4.78, 5) is 7.78. The highest BCUT2D eigenvalue weighted by atomic mass is 16.5. The first kappa shape index (κ1) is 14.4. The van der Waals surface area contributed by atoms with Crippen LogP contribution in [0.5, 0.6) is 5.75 Å². The maximum atomic E-state index is 5.68. The Morgan fingerprint density at radius 3 is 2.71 bits per heavy atom. The summed E-state index contributed by atoms with van der Waals surface area (Å²) in [7, 11) is 0. The molecule has 0 aliphatic rings. The Morgan fingerprint density at radius 1 is 1.19 bits per heavy atom. The first-order valence-corrected chi connectivity index (χ1v) is 6.28. The highest BCUT2D eigenvalue weighted by Crippen LogP contribution is 2.26. The van der Waals surface area contributed by atoms with Crippen molar-refractivity contribution in [2.45, 2.75) is 6.54 Å². The molecule has 0 atom stereocenters. The molecular formula is C13H17N7O. The van der Waals surface area contributed by atoms with Gasteiger partial charge in [0.2, 0.25) is 5.96 Å². The number of para-hydroxylation sites is 2. The molecule has 110 valence electrons. The van der Waals surface area contributed by atoms with E-state index in [0.717, 1.165) is 0 Å². The zero-order valence-electron chi connectivity index (χ0n) is 11.4. The van der Waals surface area contributed by atoms with Crippen molar-refractivity contribution in [1.29, 1.82) is 0 Å². The van der Waals surface area contributed by atoms with E-state index in [0.29, 0.717) is 24.6 Å². The van der Waals surface area contributed by atoms with E-state index < -0.39 is 0 Å². The van der Waals surface area contributed by atoms with Gasteiger partial charge in [0.1, 0.15) is 18.0 Å². The average Bonchev–Trinajstić information content (AvgIpc) is 2.93. The first-order chi connectivity index (χ1) is 10.1. The second-order valence-corrected chi connectivity index (χ2v) is 4.09. The van der Waals surface area contributed by atoms with Crippen LogP contribution in [-0.2, 0) is 6.54 Å². The Balaban J connectivity index is 2.04. The summed E-state index contributed by atoms with van der Waals surface area (Å²) in [5.74, 6) is 0.421. The molecule has 1 aromatic heterocycles. The molecule has 1 aromatic carbocycles. The Labute approximate surface area is 121 Å². The molecule has 2 aromatic rings. The predicted molar refractivity (Wildman–Crippen MR) is 81.3 cm³/mol. The van der Waals surface area contributed by atoms with Crippen molar-refractivity contribution in [3.8, 4) is 5.75 Å². The molecule has 0 spiro atoms. The summed E-state index contributed by atoms with van der Waals surface area (Å²) in [5, 5.41) is 4.09. The number of aliphatic imine (C=N–C) groups is 2. The fraction of sp³-hybridized carbons (Fsp3) is 0.154. The number of aromatic nitrogens is 2. The highest BCUT2D eigenvalue weighted by molar-refractivity contribution is 5.93. The molecule has 0 unspecified atom stereocenters. The van der Waals surface area contributed by atoms with Gasteiger partial charge in [0, 0.05) is 12.4 Å². The smallest absolute Gasteiger partial charge is 0.223 e. The lowest BCUT2D eigenvalue weighted by molar-refractivity contribution is 0.292. The number of nitrogens with two attached hydrogens (primary N) is 3. The molecule has 0 aliphatic heterocycles. The molecule has 0 bridgehead atoms. The molecule has 0 amide bonds. The number of ether oxygens (including phenoxy) is 1. The predicted octanol–water partition coefficient (Wildman–Crippen LogP) is 0.182. The molecule has 0 fully saturated rings. The van der Waals surface area contributed by atoms with E-state index in [1.54, 1.807) is 23.0 Å². The lowest BCUT2D eigenvalue weighted by Gasteiger charge is -2.09. The number of benzene rings is 1. The van der Waals surface area contributed by atoms with Crippen LogP contribution in [0.1, 0.15) is 0 Å². The van der Waals surface area contributed by atoms with Gasteiger partial charge in [0.05, 0.1) is 6.54 Å². The average molecular weight is 287 g/mol. The van der Waals surface area contributed by atoms with Gasteiger partial charge >= 0.3 is 0 Å². The summed E-state index contributed by atoms with van der Waals surface area (Å²) in [6.07, 6.45) is 3.58. The molecule has 8 nitrogen and oxygen atoms in total. The number of nitrogens with zero attached hydrogens (tertiary/aromatic N) is 4. The molecule has 21 heavy (non-hydrogen) atoms. The molecule has 2 rings (SSSR count). The van der Waals surface area contributed by atoms with Crippen LogP contribution < -0.4 is 21.9 Å². The Kier molecular flexibility index (Phi) is 4.75. The fourth-order valence-electron chi connectivity index (χ4n) is 1.63. The van der Waals surface area contributed by atoms with Gasteiger partial charge in [-0.2, -0.15) is 10.1 Å². The maximum absolute atomic E-state index is 5.68. The third-order valence-corrected chi connectivity index (χ3v) is 2.48. The highest BCUT2D eigenvalue weighted by Gasteiger charge is 2.03. The van der Waals surface area contributed by atoms with Gasteiger partial charge in [0.15, 0.2) is 5.96 Å². The van der Waals surface area contributed by atoms with Crippen molar-refractivity contribution >= 4 is 17.6 Å². The van der Waals surface area contributed by atoms with Crippen LogP contribution in [0.4, 0.5) is 5.69 Å². The van der Waals surface area contributed by atoms with Crippen LogP contribution in [0, 0.1) is 0 Å². The van der Waals surface area contributed by atoms with E-state index in [4.69, 9.17) is 21.9 Å². The quantitative estimate of drug-likeness (QED) is 0.533. The fourth-order valence-corrected chi connectivity index (χ4v) is 1.63. The van der Waals surface area contributed by atoms with Gasteiger partial charge in [-0.3, -0.25) is 4.68 Å². The van der Waals surface area contributed by atoms with Gasteiger partial charge in [-0.15, -0.1) is 0 Å². The number of hydrogen-bond acceptors (Lipinski definition) is 3. The van der Waals surface area contributed by atoms with Crippen LogP contribution in [0.3, 0.4) is 0 Å². The van der Waals surface area contributed by atoms with Crippen molar-refractivity contribution in [3.63, 3.8) is 0 Å². The van der Waals surface area contributed by atoms with Crippen LogP contribution in [0.2, 0.25) is 0 Å². The number of rotatable bonds is 5. The van der Waals surface area contributed by atoms with Crippen LogP contribution >= 0.6 is 0 Å². The SMILES string of the molecule is NC(N)=NC(N)=Nc1ccccc1OCCn1cccn1. The monoisotopic (exact) mass is 287 g/mol. The number of hydrogen-bond donors (Lipinski definition) is 3. The van der Waals surface area contributed by atoms with E-state index >= 15 is 0 Å². The van der Waals surface area contributed by atoms with Crippen LogP contribution in [0.15, 0.2) is 52.7 Å². The van der Waals surface area contributed by atoms with E-state index in [9.17, 15) is 0 Å². The van der Waals surface area contributed by atoms with Crippen molar-refractivity contribution in [2.24, 2.45) is 27.2 Å². The van der Waals surface area contributed by atoms with Crippen LogP contribution in [-0.4, -0.2) is 28.3 Å². The minimum absolute atomic E-state index is 0.0295. The van der Waals surface area contributed by atoms with Crippen molar-refractivity contribution < 1.29 is 4.74 Å². The molecular weight excluding hydrogens is 270 g/mol. The first-order valence-electron chi connectivity index (χ1n) is 6.28. The van der Waals surface area contributed by atoms with Gasteiger partial charge in [-0.05, 0) is 18.2 Å². The molecule has 0 aliphatic carbocycles. The Morgan fingerprint density at radius 2 is 2.00 bits per heavy atom. The Hall–Kier alpha value is -3.03. The summed E-state index contributed by atoms with van der Waals surface area (Å²) in [6.45, 7) is 1.09. The zero-order chi connectivity index (χ0) is 15.1. The normalized spacial score (nSPS) is 11.1. The Bertz CT molecular complexity index is 630. The third kappa shape index (κ3) is 4.53. The third-order valence-electron chi connectivity index (χ3n) is 2.48. The summed E-state index contributed by atoms with van der Waals surface area (Å²) >= 11 is 0. The molecule has 0 saturated heterocycles. The van der Waals surface area contributed by atoms with Gasteiger partial charge in [-0.25, -0.2) is 4.99 Å². The topological polar surface area (TPSA) is 130 Å². The van der Waals surface area contributed by atoms with Crippen molar-refractivity contribution in [3.05, 3.63) is 42.7 Å². The van der Waals surface area contributed by atoms with Crippen LogP contribution in [0.25, 0.3) is 0 Å². The van der Waals surface area contributed by atoms with E-state index in [1.165, 1.54) is 0 Å². The van der Waals surface area contributed by atoms with Gasteiger partial charge < -0.3 is 21.9 Å².